The fourth-order valence-electron chi connectivity index (χ4n) is 10.9. The van der Waals surface area contributed by atoms with Crippen LogP contribution in [0.2, 0.25) is 0 Å². The minimum atomic E-state index is -1.43. The van der Waals surface area contributed by atoms with Crippen LogP contribution in [0.3, 0.4) is 0 Å². The summed E-state index contributed by atoms with van der Waals surface area (Å²) in [5.41, 5.74) is -3.83. The molecule has 0 aromatic heterocycles. The molecule has 5 saturated carbocycles. The predicted octanol–water partition coefficient (Wildman–Crippen LogP) is -0.758. The van der Waals surface area contributed by atoms with E-state index in [0.29, 0.717) is 26.0 Å². The molecule has 0 aromatic rings. The first-order valence-electron chi connectivity index (χ1n) is 12.8. The molecule has 14 atom stereocenters. The Morgan fingerprint density at radius 2 is 1.62 bits per heavy atom. The van der Waals surface area contributed by atoms with E-state index >= 15 is 0 Å². The van der Waals surface area contributed by atoms with Crippen LogP contribution in [0.1, 0.15) is 26.2 Å². The SMILES string of the molecule is CCN1C[C@]2(COC)[C@H](O)C[C@H](OC)[C@@]34[C@@H]5C[C@]6(O)[C@@H](OC)C[C@@](O)([C@H]5[C@H]6O)[C@@H]([C@H](OC)[C@H]23)[C@@H]14. The number of ether oxygens (including phenoxy) is 4. The monoisotopic (exact) mass is 483 g/mol. The number of fused-ring (bicyclic) bond motifs is 2. The van der Waals surface area contributed by atoms with Crippen LogP contribution in [-0.4, -0.2) is 121 Å². The van der Waals surface area contributed by atoms with E-state index in [-0.39, 0.29) is 42.4 Å². The Balaban J connectivity index is 1.66. The Kier molecular flexibility index (Phi) is 5.19. The van der Waals surface area contributed by atoms with Gasteiger partial charge < -0.3 is 39.4 Å². The summed E-state index contributed by atoms with van der Waals surface area (Å²) in [6.07, 6.45) is -2.06. The van der Waals surface area contributed by atoms with Crippen molar-refractivity contribution >= 4 is 0 Å². The van der Waals surface area contributed by atoms with Crippen molar-refractivity contribution in [2.45, 2.75) is 73.9 Å². The molecule has 5 aliphatic carbocycles. The van der Waals surface area contributed by atoms with Gasteiger partial charge in [0, 0.05) is 82.5 Å². The van der Waals surface area contributed by atoms with Gasteiger partial charge in [-0.2, -0.15) is 0 Å². The lowest BCUT2D eigenvalue weighted by molar-refractivity contribution is -0.298. The number of hydrogen-bond donors (Lipinski definition) is 4. The summed E-state index contributed by atoms with van der Waals surface area (Å²) in [7, 11) is 6.61. The lowest BCUT2D eigenvalue weighted by Crippen LogP contribution is -2.78. The zero-order valence-corrected chi connectivity index (χ0v) is 20.9. The van der Waals surface area contributed by atoms with Crippen molar-refractivity contribution in [3.8, 4) is 0 Å². The Hall–Kier alpha value is -0.360. The number of piperidine rings is 1. The van der Waals surface area contributed by atoms with E-state index in [1.54, 1.807) is 28.4 Å². The number of methoxy groups -OCH3 is 4. The number of hydrogen-bond acceptors (Lipinski definition) is 9. The van der Waals surface area contributed by atoms with Crippen LogP contribution in [-0.2, 0) is 18.9 Å². The summed E-state index contributed by atoms with van der Waals surface area (Å²) < 4.78 is 24.0. The highest BCUT2D eigenvalue weighted by molar-refractivity contribution is 5.38. The smallest absolute Gasteiger partial charge is 0.117 e. The van der Waals surface area contributed by atoms with Gasteiger partial charge in [0.15, 0.2) is 0 Å². The first kappa shape index (κ1) is 24.0. The summed E-state index contributed by atoms with van der Waals surface area (Å²) in [4.78, 5) is 2.39. The maximum atomic E-state index is 12.6. The number of rotatable bonds is 6. The van der Waals surface area contributed by atoms with Crippen LogP contribution < -0.4 is 0 Å². The lowest BCUT2D eigenvalue weighted by Gasteiger charge is -2.70. The summed E-state index contributed by atoms with van der Waals surface area (Å²) in [6, 6.07) is -0.0636. The van der Waals surface area contributed by atoms with Crippen LogP contribution in [0.4, 0.5) is 0 Å². The van der Waals surface area contributed by atoms with Crippen LogP contribution in [0.15, 0.2) is 0 Å². The second-order valence-corrected chi connectivity index (χ2v) is 12.0. The van der Waals surface area contributed by atoms with E-state index in [9.17, 15) is 20.4 Å². The standard InChI is InChI=1S/C25H41NO8/c1-6-26-10-22(11-31-2)13(27)7-14(32-3)25-12-8-23(29)15(33-4)9-24(30,16(12)21(23)28)17(20(25)26)18(34-5)19(22)25/h12-21,27-30H,6-11H2,1-5H3/t12-,13-,14+,15+,16-,17+,18+,19-,20-,21-,22+,23+,24-,25+/m1/s1. The van der Waals surface area contributed by atoms with E-state index in [0.717, 1.165) is 6.54 Å². The molecule has 0 amide bonds. The highest BCUT2D eigenvalue weighted by atomic mass is 16.5. The molecule has 0 radical (unpaired) electrons. The van der Waals surface area contributed by atoms with Gasteiger partial charge in [0.1, 0.15) is 5.60 Å². The molecule has 6 aliphatic rings. The molecule has 6 fully saturated rings. The van der Waals surface area contributed by atoms with Crippen molar-refractivity contribution < 1.29 is 39.4 Å². The van der Waals surface area contributed by atoms with Gasteiger partial charge in [-0.05, 0) is 18.9 Å². The first-order chi connectivity index (χ1) is 16.2. The molecule has 7 bridgehead atoms. The largest absolute Gasteiger partial charge is 0.392 e. The molecule has 1 spiro atoms. The van der Waals surface area contributed by atoms with Crippen LogP contribution in [0.25, 0.3) is 0 Å². The Morgan fingerprint density at radius 1 is 0.912 bits per heavy atom. The van der Waals surface area contributed by atoms with Crippen LogP contribution >= 0.6 is 0 Å². The van der Waals surface area contributed by atoms with Crippen molar-refractivity contribution in [2.75, 3.05) is 48.1 Å². The van der Waals surface area contributed by atoms with Gasteiger partial charge in [-0.25, -0.2) is 0 Å². The average Bonchev–Trinajstić information content (AvgIpc) is 3.17. The van der Waals surface area contributed by atoms with E-state index in [2.05, 4.69) is 11.8 Å². The molecule has 1 saturated heterocycles. The Labute approximate surface area is 201 Å². The maximum absolute atomic E-state index is 12.6. The fourth-order valence-corrected chi connectivity index (χ4v) is 10.9. The molecule has 9 heteroatoms. The number of nitrogens with zero attached hydrogens (tertiary/aromatic N) is 1. The highest BCUT2D eigenvalue weighted by Gasteiger charge is 2.89. The van der Waals surface area contributed by atoms with Crippen molar-refractivity contribution in [1.82, 2.24) is 4.90 Å². The highest BCUT2D eigenvalue weighted by Crippen LogP contribution is 2.79. The van der Waals surface area contributed by atoms with Gasteiger partial charge in [-0.15, -0.1) is 0 Å². The van der Waals surface area contributed by atoms with Crippen molar-refractivity contribution in [3.05, 3.63) is 0 Å². The van der Waals surface area contributed by atoms with Crippen molar-refractivity contribution in [1.29, 1.82) is 0 Å². The lowest BCUT2D eigenvalue weighted by atomic mass is 9.42. The van der Waals surface area contributed by atoms with Gasteiger partial charge >= 0.3 is 0 Å². The molecular formula is C25H41NO8. The fraction of sp³-hybridized carbons (Fsp3) is 1.00. The number of likely N-dealkylation sites (tertiary alicyclic amines) is 1. The normalized spacial score (nSPS) is 61.7. The summed E-state index contributed by atoms with van der Waals surface area (Å²) in [5.74, 6) is -1.20. The zero-order valence-electron chi connectivity index (χ0n) is 20.9. The molecule has 4 N–H and O–H groups in total. The molecular weight excluding hydrogens is 442 g/mol. The third-order valence-electron chi connectivity index (χ3n) is 11.6. The second kappa shape index (κ2) is 7.36. The van der Waals surface area contributed by atoms with Crippen LogP contribution in [0.5, 0.6) is 0 Å². The Morgan fingerprint density at radius 3 is 2.21 bits per heavy atom. The molecule has 6 rings (SSSR count). The zero-order chi connectivity index (χ0) is 24.4. The van der Waals surface area contributed by atoms with Gasteiger partial charge in [0.2, 0.25) is 0 Å². The quantitative estimate of drug-likeness (QED) is 0.386. The topological polar surface area (TPSA) is 121 Å². The average molecular weight is 484 g/mol. The third kappa shape index (κ3) is 2.26. The van der Waals surface area contributed by atoms with Crippen molar-refractivity contribution in [2.24, 2.45) is 34.5 Å². The number of aliphatic hydroxyl groups is 4. The molecule has 1 aliphatic heterocycles. The first-order valence-corrected chi connectivity index (χ1v) is 12.8. The maximum Gasteiger partial charge on any atom is 0.117 e. The summed E-state index contributed by atoms with van der Waals surface area (Å²) >= 11 is 0. The molecule has 0 aromatic carbocycles. The summed E-state index contributed by atoms with van der Waals surface area (Å²) in [6.45, 7) is 3.88. The van der Waals surface area contributed by atoms with E-state index < -0.39 is 46.3 Å². The van der Waals surface area contributed by atoms with Gasteiger partial charge in [-0.3, -0.25) is 4.90 Å². The molecule has 9 nitrogen and oxygen atoms in total. The second-order valence-electron chi connectivity index (χ2n) is 12.0. The van der Waals surface area contributed by atoms with Gasteiger partial charge in [0.05, 0.1) is 42.7 Å². The van der Waals surface area contributed by atoms with Crippen LogP contribution in [0, 0.1) is 34.5 Å². The molecule has 0 unspecified atom stereocenters. The molecule has 34 heavy (non-hydrogen) atoms. The van der Waals surface area contributed by atoms with E-state index in [1.165, 1.54) is 0 Å². The molecule has 1 heterocycles. The Bertz CT molecular complexity index is 846. The van der Waals surface area contributed by atoms with Gasteiger partial charge in [0.25, 0.3) is 0 Å². The minimum absolute atomic E-state index is 0.0636. The number of aliphatic hydroxyl groups excluding tert-OH is 2. The predicted molar refractivity (Wildman–Crippen MR) is 120 cm³/mol. The van der Waals surface area contributed by atoms with E-state index in [1.807, 2.05) is 0 Å². The van der Waals surface area contributed by atoms with Gasteiger partial charge in [-0.1, -0.05) is 6.92 Å². The minimum Gasteiger partial charge on any atom is -0.392 e. The van der Waals surface area contributed by atoms with Crippen molar-refractivity contribution in [3.63, 3.8) is 0 Å². The summed E-state index contributed by atoms with van der Waals surface area (Å²) in [5, 5.41) is 47.6. The third-order valence-corrected chi connectivity index (χ3v) is 11.6. The molecule has 194 valence electrons. The van der Waals surface area contributed by atoms with E-state index in [4.69, 9.17) is 18.9 Å².